The van der Waals surface area contributed by atoms with Gasteiger partial charge in [-0.2, -0.15) is 0 Å². The summed E-state index contributed by atoms with van der Waals surface area (Å²) in [5.74, 6) is -1.16. The van der Waals surface area contributed by atoms with Crippen LogP contribution in [0.1, 0.15) is 37.0 Å². The molecule has 3 amide bonds. The largest absolute Gasteiger partial charge is 0.494 e. The summed E-state index contributed by atoms with van der Waals surface area (Å²) in [5, 5.41) is 2.67. The van der Waals surface area contributed by atoms with E-state index in [1.54, 1.807) is 36.4 Å². The van der Waals surface area contributed by atoms with Crippen LogP contribution < -0.4 is 15.0 Å². The second kappa shape index (κ2) is 9.21. The molecule has 8 nitrogen and oxygen atoms in total. The van der Waals surface area contributed by atoms with E-state index in [-0.39, 0.29) is 30.2 Å². The van der Waals surface area contributed by atoms with Gasteiger partial charge in [0.1, 0.15) is 5.75 Å². The predicted octanol–water partition coefficient (Wildman–Crippen LogP) is 2.92. The van der Waals surface area contributed by atoms with E-state index in [2.05, 4.69) is 5.32 Å². The highest BCUT2D eigenvalue weighted by molar-refractivity contribution is 6.20. The maximum Gasteiger partial charge on any atom is 0.338 e. The molecule has 0 spiro atoms. The van der Waals surface area contributed by atoms with Gasteiger partial charge in [0.05, 0.1) is 17.9 Å². The van der Waals surface area contributed by atoms with E-state index in [1.165, 1.54) is 19.1 Å². The Bertz CT molecular complexity index is 954. The number of amides is 3. The zero-order valence-corrected chi connectivity index (χ0v) is 16.7. The van der Waals surface area contributed by atoms with Crippen molar-refractivity contribution in [2.45, 2.75) is 32.8 Å². The number of carbonyl (C=O) groups excluding carboxylic acids is 4. The molecule has 0 aromatic heterocycles. The minimum atomic E-state index is -1.05. The lowest BCUT2D eigenvalue weighted by molar-refractivity contribution is -0.124. The van der Waals surface area contributed by atoms with Gasteiger partial charge in [-0.15, -0.1) is 0 Å². The topological polar surface area (TPSA) is 102 Å². The third-order valence-electron chi connectivity index (χ3n) is 4.48. The molecular weight excluding hydrogens is 388 g/mol. The zero-order chi connectivity index (χ0) is 21.7. The lowest BCUT2D eigenvalue weighted by Gasteiger charge is -2.16. The van der Waals surface area contributed by atoms with E-state index in [1.807, 2.05) is 6.92 Å². The van der Waals surface area contributed by atoms with Gasteiger partial charge in [0.15, 0.2) is 6.10 Å². The van der Waals surface area contributed by atoms with Gasteiger partial charge in [0.2, 0.25) is 11.8 Å². The van der Waals surface area contributed by atoms with Crippen LogP contribution in [0.2, 0.25) is 0 Å². The number of nitrogens with one attached hydrogen (secondary N) is 1. The Balaban J connectivity index is 1.62. The number of ether oxygens (including phenoxy) is 2. The van der Waals surface area contributed by atoms with Gasteiger partial charge in [0.25, 0.3) is 5.91 Å². The van der Waals surface area contributed by atoms with Crippen LogP contribution in [0.15, 0.2) is 48.5 Å². The maximum absolute atomic E-state index is 12.5. The first-order valence-corrected chi connectivity index (χ1v) is 9.59. The summed E-state index contributed by atoms with van der Waals surface area (Å²) in [6, 6.07) is 12.8. The molecule has 1 aliphatic heterocycles. The van der Waals surface area contributed by atoms with E-state index < -0.39 is 18.0 Å². The Labute approximate surface area is 173 Å². The van der Waals surface area contributed by atoms with Crippen molar-refractivity contribution in [3.8, 4) is 5.75 Å². The Morgan fingerprint density at radius 1 is 1.07 bits per heavy atom. The molecule has 2 aromatic rings. The van der Waals surface area contributed by atoms with E-state index in [4.69, 9.17) is 9.47 Å². The molecule has 0 unspecified atom stereocenters. The number of nitrogens with zero attached hydrogens (tertiary/aromatic N) is 1. The standard InChI is InChI=1S/C22H22N2O6/c1-3-29-18-9-7-16(8-10-18)23-21(27)14(2)30-22(28)15-5-4-6-17(13-15)24-19(25)11-12-20(24)26/h4-10,13-14H,3,11-12H2,1-2H3,(H,23,27)/t14-/m1/s1. The fraction of sp³-hybridized carbons (Fsp3) is 0.273. The molecule has 1 N–H and O–H groups in total. The van der Waals surface area contributed by atoms with Crippen LogP contribution in [0.3, 0.4) is 0 Å². The molecule has 0 bridgehead atoms. The molecule has 1 fully saturated rings. The Morgan fingerprint density at radius 2 is 1.73 bits per heavy atom. The minimum absolute atomic E-state index is 0.140. The first-order valence-electron chi connectivity index (χ1n) is 9.59. The third-order valence-corrected chi connectivity index (χ3v) is 4.48. The molecule has 1 atom stereocenters. The number of hydrogen-bond donors (Lipinski definition) is 1. The first-order chi connectivity index (χ1) is 14.4. The summed E-state index contributed by atoms with van der Waals surface area (Å²) in [6.45, 7) is 3.88. The van der Waals surface area contributed by atoms with Gasteiger partial charge in [-0.1, -0.05) is 6.07 Å². The van der Waals surface area contributed by atoms with E-state index in [0.29, 0.717) is 23.7 Å². The van der Waals surface area contributed by atoms with Gasteiger partial charge in [-0.05, 0) is 56.3 Å². The van der Waals surface area contributed by atoms with E-state index in [0.717, 1.165) is 4.90 Å². The second-order valence-electron chi connectivity index (χ2n) is 6.67. The van der Waals surface area contributed by atoms with Gasteiger partial charge in [-0.3, -0.25) is 19.3 Å². The number of anilines is 2. The van der Waals surface area contributed by atoms with Crippen LogP contribution >= 0.6 is 0 Å². The van der Waals surface area contributed by atoms with Crippen molar-refractivity contribution < 1.29 is 28.7 Å². The van der Waals surface area contributed by atoms with Gasteiger partial charge >= 0.3 is 5.97 Å². The molecule has 3 rings (SSSR count). The van der Waals surface area contributed by atoms with Crippen molar-refractivity contribution in [1.82, 2.24) is 0 Å². The van der Waals surface area contributed by atoms with E-state index in [9.17, 15) is 19.2 Å². The van der Waals surface area contributed by atoms with Gasteiger partial charge in [0, 0.05) is 18.5 Å². The van der Waals surface area contributed by atoms with Crippen LogP contribution in [0.4, 0.5) is 11.4 Å². The molecule has 156 valence electrons. The maximum atomic E-state index is 12.5. The quantitative estimate of drug-likeness (QED) is 0.556. The molecule has 8 heteroatoms. The summed E-state index contributed by atoms with van der Waals surface area (Å²) in [7, 11) is 0. The highest BCUT2D eigenvalue weighted by atomic mass is 16.5. The number of benzene rings is 2. The molecule has 0 radical (unpaired) electrons. The summed E-state index contributed by atoms with van der Waals surface area (Å²) in [4.78, 5) is 49.6. The molecule has 1 aliphatic rings. The predicted molar refractivity (Wildman–Crippen MR) is 109 cm³/mol. The van der Waals surface area contributed by atoms with Crippen molar-refractivity contribution in [3.63, 3.8) is 0 Å². The minimum Gasteiger partial charge on any atom is -0.494 e. The lowest BCUT2D eigenvalue weighted by Crippen LogP contribution is -2.30. The fourth-order valence-corrected chi connectivity index (χ4v) is 2.96. The molecule has 1 heterocycles. The lowest BCUT2D eigenvalue weighted by atomic mass is 10.2. The molecule has 0 aliphatic carbocycles. The van der Waals surface area contributed by atoms with Crippen LogP contribution in [0.25, 0.3) is 0 Å². The SMILES string of the molecule is CCOc1ccc(NC(=O)[C@@H](C)OC(=O)c2cccc(N3C(=O)CCC3=O)c2)cc1. The first kappa shape index (κ1) is 21.0. The average Bonchev–Trinajstić information content (AvgIpc) is 3.07. The second-order valence-corrected chi connectivity index (χ2v) is 6.67. The van der Waals surface area contributed by atoms with Crippen LogP contribution in [0, 0.1) is 0 Å². The van der Waals surface area contributed by atoms with Crippen LogP contribution in [-0.4, -0.2) is 36.4 Å². The Morgan fingerprint density at radius 3 is 2.37 bits per heavy atom. The number of imide groups is 1. The fourth-order valence-electron chi connectivity index (χ4n) is 2.96. The summed E-state index contributed by atoms with van der Waals surface area (Å²) < 4.78 is 10.6. The molecular formula is C22H22N2O6. The summed E-state index contributed by atoms with van der Waals surface area (Å²) in [6.07, 6.45) is -0.755. The van der Waals surface area contributed by atoms with Crippen molar-refractivity contribution in [3.05, 3.63) is 54.1 Å². The van der Waals surface area contributed by atoms with Crippen LogP contribution in [0.5, 0.6) is 5.75 Å². The highest BCUT2D eigenvalue weighted by Crippen LogP contribution is 2.24. The molecule has 30 heavy (non-hydrogen) atoms. The summed E-state index contributed by atoms with van der Waals surface area (Å²) in [5.41, 5.74) is 0.989. The highest BCUT2D eigenvalue weighted by Gasteiger charge is 2.30. The number of hydrogen-bond acceptors (Lipinski definition) is 6. The van der Waals surface area contributed by atoms with Crippen molar-refractivity contribution in [2.75, 3.05) is 16.8 Å². The van der Waals surface area contributed by atoms with Gasteiger partial charge < -0.3 is 14.8 Å². The normalized spacial score (nSPS) is 14.4. The van der Waals surface area contributed by atoms with Crippen molar-refractivity contribution in [1.29, 1.82) is 0 Å². The van der Waals surface area contributed by atoms with Crippen molar-refractivity contribution in [2.24, 2.45) is 0 Å². The number of carbonyl (C=O) groups is 4. The van der Waals surface area contributed by atoms with E-state index >= 15 is 0 Å². The number of rotatable bonds is 7. The molecule has 1 saturated heterocycles. The average molecular weight is 410 g/mol. The molecule has 0 saturated carbocycles. The van der Waals surface area contributed by atoms with Crippen LogP contribution in [-0.2, 0) is 19.1 Å². The zero-order valence-electron chi connectivity index (χ0n) is 16.7. The summed E-state index contributed by atoms with van der Waals surface area (Å²) >= 11 is 0. The monoisotopic (exact) mass is 410 g/mol. The smallest absolute Gasteiger partial charge is 0.338 e. The Kier molecular flexibility index (Phi) is 6.46. The molecule has 2 aromatic carbocycles. The number of esters is 1. The van der Waals surface area contributed by atoms with Gasteiger partial charge in [-0.25, -0.2) is 4.79 Å². The van der Waals surface area contributed by atoms with Crippen molar-refractivity contribution >= 4 is 35.1 Å². The Hall–Kier alpha value is -3.68. The third kappa shape index (κ3) is 4.83.